The van der Waals surface area contributed by atoms with E-state index in [2.05, 4.69) is 5.32 Å². The molecule has 2 amide bonds. The fraction of sp³-hybridized carbons (Fsp3) is 0.200. The highest BCUT2D eigenvalue weighted by molar-refractivity contribution is 6.33. The van der Waals surface area contributed by atoms with E-state index in [0.717, 1.165) is 4.90 Å². The lowest BCUT2D eigenvalue weighted by Crippen LogP contribution is -2.37. The molecule has 0 aliphatic rings. The van der Waals surface area contributed by atoms with Gasteiger partial charge in [-0.1, -0.05) is 23.7 Å². The molecule has 0 aliphatic carbocycles. The molecule has 8 nitrogen and oxygen atoms in total. The molecule has 0 unspecified atom stereocenters. The van der Waals surface area contributed by atoms with Gasteiger partial charge >= 0.3 is 5.97 Å². The number of halogens is 1. The summed E-state index contributed by atoms with van der Waals surface area (Å²) >= 11 is 5.96. The lowest BCUT2D eigenvalue weighted by Gasteiger charge is -2.17. The number of amides is 2. The van der Waals surface area contributed by atoms with E-state index in [4.69, 9.17) is 26.3 Å². The van der Waals surface area contributed by atoms with Gasteiger partial charge in [-0.15, -0.1) is 0 Å². The molecule has 29 heavy (non-hydrogen) atoms. The fourth-order valence-corrected chi connectivity index (χ4v) is 2.30. The number of hydrogen-bond donors (Lipinski definition) is 1. The summed E-state index contributed by atoms with van der Waals surface area (Å²) in [4.78, 5) is 36.9. The first-order valence-electron chi connectivity index (χ1n) is 8.46. The van der Waals surface area contributed by atoms with Gasteiger partial charge in [0.05, 0.1) is 28.9 Å². The molecule has 0 fully saturated rings. The molecular formula is C20H18ClN3O5. The molecule has 0 bridgehead atoms. The predicted molar refractivity (Wildman–Crippen MR) is 105 cm³/mol. The number of hydrogen-bond acceptors (Lipinski definition) is 6. The molecule has 150 valence electrons. The topological polar surface area (TPSA) is 109 Å². The Labute approximate surface area is 172 Å². The summed E-state index contributed by atoms with van der Waals surface area (Å²) in [7, 11) is 1.41. The Bertz CT molecular complexity index is 924. The summed E-state index contributed by atoms with van der Waals surface area (Å²) in [5, 5.41) is 11.7. The van der Waals surface area contributed by atoms with Crippen LogP contribution in [0.5, 0.6) is 5.75 Å². The minimum absolute atomic E-state index is 0.233. The van der Waals surface area contributed by atoms with Gasteiger partial charge in [0.25, 0.3) is 5.91 Å². The zero-order valence-electron chi connectivity index (χ0n) is 15.6. The minimum atomic E-state index is -0.739. The Kier molecular flexibility index (Phi) is 8.00. The second-order valence-corrected chi connectivity index (χ2v) is 6.27. The van der Waals surface area contributed by atoms with Crippen LogP contribution < -0.4 is 10.1 Å². The third kappa shape index (κ3) is 7.16. The molecule has 0 saturated carbocycles. The summed E-state index contributed by atoms with van der Waals surface area (Å²) in [5.41, 5.74) is 0.901. The van der Waals surface area contributed by atoms with E-state index in [1.165, 1.54) is 7.05 Å². The Morgan fingerprint density at radius 3 is 2.45 bits per heavy atom. The van der Waals surface area contributed by atoms with Crippen molar-refractivity contribution in [3.05, 3.63) is 59.1 Å². The second-order valence-electron chi connectivity index (χ2n) is 5.86. The fourth-order valence-electron chi connectivity index (χ4n) is 2.12. The number of anilines is 1. The lowest BCUT2D eigenvalue weighted by molar-refractivity contribution is -0.153. The molecule has 2 aromatic carbocycles. The highest BCUT2D eigenvalue weighted by Gasteiger charge is 2.16. The maximum absolute atomic E-state index is 12.0. The Hall–Kier alpha value is -3.57. The largest absolute Gasteiger partial charge is 0.482 e. The predicted octanol–water partition coefficient (Wildman–Crippen LogP) is 2.23. The molecule has 0 radical (unpaired) electrons. The number of nitrogens with zero attached hydrogens (tertiary/aromatic N) is 2. The van der Waals surface area contributed by atoms with Crippen LogP contribution in [0.25, 0.3) is 0 Å². The van der Waals surface area contributed by atoms with E-state index in [-0.39, 0.29) is 6.54 Å². The van der Waals surface area contributed by atoms with Crippen molar-refractivity contribution in [1.29, 1.82) is 5.26 Å². The van der Waals surface area contributed by atoms with Gasteiger partial charge in [0.15, 0.2) is 13.2 Å². The van der Waals surface area contributed by atoms with E-state index in [1.54, 1.807) is 48.5 Å². The van der Waals surface area contributed by atoms with E-state index >= 15 is 0 Å². The molecule has 2 aromatic rings. The van der Waals surface area contributed by atoms with E-state index in [9.17, 15) is 14.4 Å². The summed E-state index contributed by atoms with van der Waals surface area (Å²) in [5.74, 6) is -1.34. The first-order valence-corrected chi connectivity index (χ1v) is 8.83. The highest BCUT2D eigenvalue weighted by atomic mass is 35.5. The van der Waals surface area contributed by atoms with Crippen LogP contribution in [0, 0.1) is 11.3 Å². The van der Waals surface area contributed by atoms with Crippen molar-refractivity contribution >= 4 is 35.1 Å². The number of carbonyl (C=O) groups excluding carboxylic acids is 3. The number of likely N-dealkylation sites (N-methyl/N-ethyl adjacent to an activating group) is 1. The number of carbonyl (C=O) groups is 3. The van der Waals surface area contributed by atoms with Gasteiger partial charge in [-0.25, -0.2) is 4.79 Å². The third-order valence-corrected chi connectivity index (χ3v) is 3.98. The van der Waals surface area contributed by atoms with Crippen molar-refractivity contribution < 1.29 is 23.9 Å². The molecule has 0 spiro atoms. The van der Waals surface area contributed by atoms with Crippen molar-refractivity contribution in [2.24, 2.45) is 0 Å². The first kappa shape index (κ1) is 21.7. The van der Waals surface area contributed by atoms with Crippen LogP contribution in [0.2, 0.25) is 5.02 Å². The number of esters is 1. The Balaban J connectivity index is 1.71. The maximum atomic E-state index is 12.0. The standard InChI is InChI=1S/C20H18ClN3O5/c1-24(11-18(25)23-17-5-3-2-4-16(17)21)19(26)12-29-20(27)13-28-15-8-6-14(10-22)7-9-15/h2-9H,11-13H2,1H3,(H,23,25). The van der Waals surface area contributed by atoms with Crippen LogP contribution in [0.15, 0.2) is 48.5 Å². The van der Waals surface area contributed by atoms with Gasteiger partial charge in [-0.05, 0) is 36.4 Å². The van der Waals surface area contributed by atoms with E-state index < -0.39 is 31.0 Å². The zero-order chi connectivity index (χ0) is 21.2. The Morgan fingerprint density at radius 1 is 1.10 bits per heavy atom. The van der Waals surface area contributed by atoms with Crippen LogP contribution in [-0.2, 0) is 19.1 Å². The molecule has 2 rings (SSSR count). The molecule has 1 N–H and O–H groups in total. The second kappa shape index (κ2) is 10.7. The molecule has 0 aliphatic heterocycles. The number of nitriles is 1. The number of nitrogens with one attached hydrogen (secondary N) is 1. The van der Waals surface area contributed by atoms with Gasteiger partial charge in [0.2, 0.25) is 5.91 Å². The highest BCUT2D eigenvalue weighted by Crippen LogP contribution is 2.20. The van der Waals surface area contributed by atoms with Crippen molar-refractivity contribution in [3.8, 4) is 11.8 Å². The van der Waals surface area contributed by atoms with Crippen LogP contribution >= 0.6 is 11.6 Å². The van der Waals surface area contributed by atoms with E-state index in [0.29, 0.717) is 22.0 Å². The van der Waals surface area contributed by atoms with Crippen LogP contribution in [0.4, 0.5) is 5.69 Å². The molecule has 0 saturated heterocycles. The average molecular weight is 416 g/mol. The molecule has 0 atom stereocenters. The monoisotopic (exact) mass is 415 g/mol. The van der Waals surface area contributed by atoms with Crippen molar-refractivity contribution in [1.82, 2.24) is 4.90 Å². The van der Waals surface area contributed by atoms with Crippen LogP contribution in [0.3, 0.4) is 0 Å². The molecule has 0 heterocycles. The summed E-state index contributed by atoms with van der Waals surface area (Å²) in [6, 6.07) is 14.9. The quantitative estimate of drug-likeness (QED) is 0.662. The summed E-state index contributed by atoms with van der Waals surface area (Å²) < 4.78 is 10.1. The Morgan fingerprint density at radius 2 is 1.79 bits per heavy atom. The SMILES string of the molecule is CN(CC(=O)Nc1ccccc1Cl)C(=O)COC(=O)COc1ccc(C#N)cc1. The van der Waals surface area contributed by atoms with Crippen molar-refractivity contribution in [2.45, 2.75) is 0 Å². The van der Waals surface area contributed by atoms with Crippen molar-refractivity contribution in [2.75, 3.05) is 32.1 Å². The van der Waals surface area contributed by atoms with Crippen molar-refractivity contribution in [3.63, 3.8) is 0 Å². The first-order chi connectivity index (χ1) is 13.9. The van der Waals surface area contributed by atoms with Gasteiger partial charge in [0.1, 0.15) is 5.75 Å². The van der Waals surface area contributed by atoms with Gasteiger partial charge in [0, 0.05) is 7.05 Å². The lowest BCUT2D eigenvalue weighted by atomic mass is 10.2. The summed E-state index contributed by atoms with van der Waals surface area (Å²) in [6.45, 7) is -1.15. The number of ether oxygens (including phenoxy) is 2. The van der Waals surface area contributed by atoms with Gasteiger partial charge < -0.3 is 19.7 Å². The molecule has 0 aromatic heterocycles. The number of rotatable bonds is 8. The minimum Gasteiger partial charge on any atom is -0.482 e. The zero-order valence-corrected chi connectivity index (χ0v) is 16.3. The number of benzene rings is 2. The van der Waals surface area contributed by atoms with Crippen LogP contribution in [0.1, 0.15) is 5.56 Å². The summed E-state index contributed by atoms with van der Waals surface area (Å²) in [6.07, 6.45) is 0. The molecular weight excluding hydrogens is 398 g/mol. The average Bonchev–Trinajstić information content (AvgIpc) is 2.72. The third-order valence-electron chi connectivity index (χ3n) is 3.65. The maximum Gasteiger partial charge on any atom is 0.344 e. The smallest absolute Gasteiger partial charge is 0.344 e. The molecule has 9 heteroatoms. The normalized spacial score (nSPS) is 9.83. The number of para-hydroxylation sites is 1. The van der Waals surface area contributed by atoms with E-state index in [1.807, 2.05) is 6.07 Å². The van der Waals surface area contributed by atoms with Gasteiger partial charge in [-0.2, -0.15) is 5.26 Å². The van der Waals surface area contributed by atoms with Gasteiger partial charge in [-0.3, -0.25) is 9.59 Å². The van der Waals surface area contributed by atoms with Crippen LogP contribution in [-0.4, -0.2) is 49.5 Å².